The van der Waals surface area contributed by atoms with Crippen LogP contribution in [0.5, 0.6) is 0 Å². The third-order valence-corrected chi connectivity index (χ3v) is 2.49. The van der Waals surface area contributed by atoms with Gasteiger partial charge in [-0.05, 0) is 32.8 Å². The summed E-state index contributed by atoms with van der Waals surface area (Å²) in [5, 5.41) is 3.40. The summed E-state index contributed by atoms with van der Waals surface area (Å²) in [5.41, 5.74) is 7.72. The minimum atomic E-state index is 0.0729. The van der Waals surface area contributed by atoms with Gasteiger partial charge in [0.05, 0.1) is 0 Å². The van der Waals surface area contributed by atoms with Crippen LogP contribution in [0.25, 0.3) is 0 Å². The topological polar surface area (TPSA) is 50.9 Å². The Labute approximate surface area is 92.1 Å². The minimum absolute atomic E-state index is 0.0729. The summed E-state index contributed by atoms with van der Waals surface area (Å²) in [6.07, 6.45) is 4.07. The maximum absolute atomic E-state index is 5.83. The first-order chi connectivity index (χ1) is 6.94. The highest BCUT2D eigenvalue weighted by Crippen LogP contribution is 2.20. The van der Waals surface area contributed by atoms with Crippen molar-refractivity contribution < 1.29 is 0 Å². The van der Waals surface area contributed by atoms with E-state index in [1.807, 2.05) is 13.0 Å². The molecule has 0 spiro atoms. The Hall–Kier alpha value is -1.25. The fourth-order valence-corrected chi connectivity index (χ4v) is 1.64. The van der Waals surface area contributed by atoms with Crippen LogP contribution in [0.4, 0.5) is 11.5 Å². The Kier molecular flexibility index (Phi) is 3.56. The largest absolute Gasteiger partial charge is 0.398 e. The molecule has 0 fully saturated rings. The lowest BCUT2D eigenvalue weighted by Gasteiger charge is -2.26. The second-order valence-electron chi connectivity index (χ2n) is 4.69. The van der Waals surface area contributed by atoms with E-state index in [2.05, 4.69) is 31.1 Å². The van der Waals surface area contributed by atoms with E-state index in [9.17, 15) is 0 Å². The van der Waals surface area contributed by atoms with E-state index in [0.717, 1.165) is 29.9 Å². The lowest BCUT2D eigenvalue weighted by atomic mass is 9.99. The van der Waals surface area contributed by atoms with Crippen LogP contribution in [0, 0.1) is 6.92 Å². The Morgan fingerprint density at radius 1 is 1.47 bits per heavy atom. The van der Waals surface area contributed by atoms with Gasteiger partial charge >= 0.3 is 0 Å². The molecule has 3 N–H and O–H groups in total. The highest BCUT2D eigenvalue weighted by molar-refractivity contribution is 5.54. The van der Waals surface area contributed by atoms with Crippen LogP contribution < -0.4 is 11.1 Å². The van der Waals surface area contributed by atoms with Gasteiger partial charge < -0.3 is 11.1 Å². The molecule has 0 unspecified atom stereocenters. The standard InChI is InChI=1S/C12H21N3/c1-5-6-12(3,4)15-11-7-10(13)9(2)8-14-11/h7-8H,5-6H2,1-4H3,(H3,13,14,15). The van der Waals surface area contributed by atoms with Crippen molar-refractivity contribution >= 4 is 11.5 Å². The quantitative estimate of drug-likeness (QED) is 0.798. The monoisotopic (exact) mass is 207 g/mol. The normalized spacial score (nSPS) is 11.5. The maximum atomic E-state index is 5.83. The van der Waals surface area contributed by atoms with E-state index in [0.29, 0.717) is 0 Å². The predicted octanol–water partition coefficient (Wildman–Crippen LogP) is 2.96. The number of nitrogens with one attached hydrogen (secondary N) is 1. The molecule has 1 aromatic heterocycles. The summed E-state index contributed by atoms with van der Waals surface area (Å²) >= 11 is 0. The van der Waals surface area contributed by atoms with Crippen molar-refractivity contribution in [2.24, 2.45) is 0 Å². The van der Waals surface area contributed by atoms with Gasteiger partial charge in [-0.1, -0.05) is 13.3 Å². The molecule has 1 aromatic rings. The number of aryl methyl sites for hydroxylation is 1. The second kappa shape index (κ2) is 4.51. The lowest BCUT2D eigenvalue weighted by molar-refractivity contribution is 0.509. The smallest absolute Gasteiger partial charge is 0.128 e. The number of hydrogen-bond acceptors (Lipinski definition) is 3. The van der Waals surface area contributed by atoms with E-state index < -0.39 is 0 Å². The maximum Gasteiger partial charge on any atom is 0.128 e. The summed E-state index contributed by atoms with van der Waals surface area (Å²) < 4.78 is 0. The van der Waals surface area contributed by atoms with Crippen LogP contribution in [-0.4, -0.2) is 10.5 Å². The van der Waals surface area contributed by atoms with Crippen molar-refractivity contribution in [2.75, 3.05) is 11.1 Å². The van der Waals surface area contributed by atoms with Gasteiger partial charge in [0.1, 0.15) is 5.82 Å². The number of nitrogens with two attached hydrogens (primary N) is 1. The Bertz CT molecular complexity index is 332. The van der Waals surface area contributed by atoms with Crippen LogP contribution in [-0.2, 0) is 0 Å². The first-order valence-corrected chi connectivity index (χ1v) is 5.45. The lowest BCUT2D eigenvalue weighted by Crippen LogP contribution is -2.30. The average Bonchev–Trinajstić information content (AvgIpc) is 2.10. The van der Waals surface area contributed by atoms with Crippen molar-refractivity contribution in [2.45, 2.75) is 46.1 Å². The predicted molar refractivity (Wildman–Crippen MR) is 66.0 cm³/mol. The third kappa shape index (κ3) is 3.42. The molecule has 0 aliphatic carbocycles. The van der Waals surface area contributed by atoms with Crippen molar-refractivity contribution in [1.82, 2.24) is 4.98 Å². The number of pyridine rings is 1. The van der Waals surface area contributed by atoms with Gasteiger partial charge in [-0.2, -0.15) is 0 Å². The molecule has 84 valence electrons. The van der Waals surface area contributed by atoms with Gasteiger partial charge in [-0.15, -0.1) is 0 Å². The number of nitrogen functional groups attached to an aromatic ring is 1. The van der Waals surface area contributed by atoms with Crippen molar-refractivity contribution in [3.63, 3.8) is 0 Å². The van der Waals surface area contributed by atoms with Crippen LogP contribution in [0.1, 0.15) is 39.2 Å². The van der Waals surface area contributed by atoms with E-state index in [4.69, 9.17) is 5.73 Å². The van der Waals surface area contributed by atoms with E-state index in [1.54, 1.807) is 6.20 Å². The number of rotatable bonds is 4. The fraction of sp³-hybridized carbons (Fsp3) is 0.583. The number of anilines is 2. The molecule has 15 heavy (non-hydrogen) atoms. The summed E-state index contributed by atoms with van der Waals surface area (Å²) in [4.78, 5) is 4.32. The molecule has 1 heterocycles. The zero-order valence-corrected chi connectivity index (χ0v) is 10.1. The molecular formula is C12H21N3. The first kappa shape index (κ1) is 11.8. The molecule has 0 aliphatic heterocycles. The zero-order chi connectivity index (χ0) is 11.5. The molecule has 0 amide bonds. The zero-order valence-electron chi connectivity index (χ0n) is 10.1. The van der Waals surface area contributed by atoms with Gasteiger partial charge in [0.15, 0.2) is 0 Å². The van der Waals surface area contributed by atoms with E-state index in [-0.39, 0.29) is 5.54 Å². The van der Waals surface area contributed by atoms with E-state index >= 15 is 0 Å². The fourth-order valence-electron chi connectivity index (χ4n) is 1.64. The molecule has 0 aromatic carbocycles. The van der Waals surface area contributed by atoms with Crippen LogP contribution in [0.3, 0.4) is 0 Å². The molecule has 0 radical (unpaired) electrons. The molecular weight excluding hydrogens is 186 g/mol. The molecule has 0 atom stereocenters. The highest BCUT2D eigenvalue weighted by atomic mass is 15.0. The average molecular weight is 207 g/mol. The number of nitrogens with zero attached hydrogens (tertiary/aromatic N) is 1. The number of hydrogen-bond donors (Lipinski definition) is 2. The summed E-state index contributed by atoms with van der Waals surface area (Å²) in [6, 6.07) is 1.90. The van der Waals surface area contributed by atoms with Crippen molar-refractivity contribution in [1.29, 1.82) is 0 Å². The molecule has 0 saturated carbocycles. The van der Waals surface area contributed by atoms with Crippen LogP contribution >= 0.6 is 0 Å². The summed E-state index contributed by atoms with van der Waals surface area (Å²) in [7, 11) is 0. The number of aromatic nitrogens is 1. The van der Waals surface area contributed by atoms with Crippen LogP contribution in [0.2, 0.25) is 0 Å². The minimum Gasteiger partial charge on any atom is -0.398 e. The molecule has 3 nitrogen and oxygen atoms in total. The molecule has 0 aliphatic rings. The first-order valence-electron chi connectivity index (χ1n) is 5.45. The summed E-state index contributed by atoms with van der Waals surface area (Å²) in [6.45, 7) is 8.49. The van der Waals surface area contributed by atoms with Gasteiger partial charge in [0.25, 0.3) is 0 Å². The SMILES string of the molecule is CCCC(C)(C)Nc1cc(N)c(C)cn1. The highest BCUT2D eigenvalue weighted by Gasteiger charge is 2.16. The molecule has 0 bridgehead atoms. The Morgan fingerprint density at radius 3 is 2.67 bits per heavy atom. The molecule has 1 rings (SSSR count). The van der Waals surface area contributed by atoms with Gasteiger partial charge in [-0.3, -0.25) is 0 Å². The Morgan fingerprint density at radius 2 is 2.13 bits per heavy atom. The molecule has 0 saturated heterocycles. The van der Waals surface area contributed by atoms with Crippen molar-refractivity contribution in [3.8, 4) is 0 Å². The second-order valence-corrected chi connectivity index (χ2v) is 4.69. The van der Waals surface area contributed by atoms with Gasteiger partial charge in [0.2, 0.25) is 0 Å². The van der Waals surface area contributed by atoms with E-state index in [1.165, 1.54) is 0 Å². The van der Waals surface area contributed by atoms with Crippen molar-refractivity contribution in [3.05, 3.63) is 17.8 Å². The van der Waals surface area contributed by atoms with Gasteiger partial charge in [0, 0.05) is 23.5 Å². The third-order valence-electron chi connectivity index (χ3n) is 2.49. The van der Waals surface area contributed by atoms with Gasteiger partial charge in [-0.25, -0.2) is 4.98 Å². The Balaban J connectivity index is 2.76. The van der Waals surface area contributed by atoms with Crippen LogP contribution in [0.15, 0.2) is 12.3 Å². The summed E-state index contributed by atoms with van der Waals surface area (Å²) in [5.74, 6) is 0.858. The molecule has 3 heteroatoms.